The van der Waals surface area contributed by atoms with E-state index in [1.54, 1.807) is 0 Å². The number of hydrogen-bond acceptors (Lipinski definition) is 2. The minimum atomic E-state index is 0.256. The van der Waals surface area contributed by atoms with Crippen molar-refractivity contribution in [2.24, 2.45) is 0 Å². The Bertz CT molecular complexity index is 332. The van der Waals surface area contributed by atoms with Gasteiger partial charge in [-0.25, -0.2) is 0 Å². The fraction of sp³-hybridized carbons (Fsp3) is 0.625. The summed E-state index contributed by atoms with van der Waals surface area (Å²) in [4.78, 5) is 0. The van der Waals surface area contributed by atoms with E-state index >= 15 is 0 Å². The van der Waals surface area contributed by atoms with Crippen molar-refractivity contribution >= 4 is 0 Å². The second kappa shape index (κ2) is 8.15. The van der Waals surface area contributed by atoms with Gasteiger partial charge in [-0.1, -0.05) is 39.3 Å². The zero-order chi connectivity index (χ0) is 13.4. The van der Waals surface area contributed by atoms with Gasteiger partial charge in [-0.15, -0.1) is 0 Å². The quantitative estimate of drug-likeness (QED) is 0.753. The molecule has 1 aromatic rings. The molecule has 0 radical (unpaired) electrons. The molecule has 1 aromatic carbocycles. The lowest BCUT2D eigenvalue weighted by atomic mass is 10.0. The number of nitrogens with one attached hydrogen (secondary N) is 1. The minimum absolute atomic E-state index is 0.256. The number of rotatable bonds is 8. The van der Waals surface area contributed by atoms with Crippen molar-refractivity contribution in [1.29, 1.82) is 0 Å². The number of benzene rings is 1. The summed E-state index contributed by atoms with van der Waals surface area (Å²) in [5.74, 6) is 0.987. The van der Waals surface area contributed by atoms with E-state index in [1.165, 1.54) is 12.0 Å². The van der Waals surface area contributed by atoms with Gasteiger partial charge in [0.2, 0.25) is 0 Å². The predicted octanol–water partition coefficient (Wildman–Crippen LogP) is 3.93. The highest BCUT2D eigenvalue weighted by atomic mass is 16.5. The summed E-state index contributed by atoms with van der Waals surface area (Å²) in [5, 5.41) is 3.54. The van der Waals surface area contributed by atoms with Crippen LogP contribution in [0.25, 0.3) is 0 Å². The molecule has 2 atom stereocenters. The summed E-state index contributed by atoms with van der Waals surface area (Å²) in [6.45, 7) is 9.67. The van der Waals surface area contributed by atoms with Crippen molar-refractivity contribution in [1.82, 2.24) is 5.32 Å². The van der Waals surface area contributed by atoms with Crippen LogP contribution in [0.2, 0.25) is 0 Å². The Morgan fingerprint density at radius 2 is 2.00 bits per heavy atom. The molecule has 0 heterocycles. The molecule has 0 amide bonds. The normalized spacial score (nSPS) is 14.2. The maximum absolute atomic E-state index is 6.15. The first kappa shape index (κ1) is 15.0. The van der Waals surface area contributed by atoms with Gasteiger partial charge in [-0.3, -0.25) is 0 Å². The van der Waals surface area contributed by atoms with Crippen LogP contribution in [-0.4, -0.2) is 18.7 Å². The molecule has 0 saturated heterocycles. The Labute approximate surface area is 112 Å². The fourth-order valence-corrected chi connectivity index (χ4v) is 2.31. The third-order valence-electron chi connectivity index (χ3n) is 3.19. The fourth-order valence-electron chi connectivity index (χ4n) is 2.31. The van der Waals surface area contributed by atoms with Crippen LogP contribution in [0.1, 0.15) is 45.6 Å². The maximum atomic E-state index is 6.15. The van der Waals surface area contributed by atoms with Crippen LogP contribution in [0.15, 0.2) is 24.3 Å². The standard InChI is InChI=1S/C16H27NO/c1-5-9-15(17-7-3)16(6-2)18-14-11-8-10-13(4)12-14/h8,10-12,15-17H,5-7,9H2,1-4H3. The van der Waals surface area contributed by atoms with Gasteiger partial charge in [0.1, 0.15) is 11.9 Å². The Morgan fingerprint density at radius 3 is 2.56 bits per heavy atom. The molecule has 0 aromatic heterocycles. The SMILES string of the molecule is CCCC(NCC)C(CC)Oc1cccc(C)c1. The molecule has 0 bridgehead atoms. The lowest BCUT2D eigenvalue weighted by Gasteiger charge is -2.27. The minimum Gasteiger partial charge on any atom is -0.489 e. The smallest absolute Gasteiger partial charge is 0.120 e. The second-order valence-electron chi connectivity index (χ2n) is 4.83. The van der Waals surface area contributed by atoms with Crippen molar-refractivity contribution in [2.75, 3.05) is 6.54 Å². The highest BCUT2D eigenvalue weighted by Gasteiger charge is 2.19. The molecule has 0 spiro atoms. The van der Waals surface area contributed by atoms with Crippen molar-refractivity contribution in [3.05, 3.63) is 29.8 Å². The lowest BCUT2D eigenvalue weighted by molar-refractivity contribution is 0.143. The predicted molar refractivity (Wildman–Crippen MR) is 78.3 cm³/mol. The Hall–Kier alpha value is -1.02. The van der Waals surface area contributed by atoms with Crippen molar-refractivity contribution in [3.63, 3.8) is 0 Å². The number of ether oxygens (including phenoxy) is 1. The van der Waals surface area contributed by atoms with Crippen LogP contribution >= 0.6 is 0 Å². The van der Waals surface area contributed by atoms with Crippen molar-refractivity contribution in [2.45, 2.75) is 59.1 Å². The largest absolute Gasteiger partial charge is 0.489 e. The molecule has 0 saturated carbocycles. The molecule has 2 nitrogen and oxygen atoms in total. The summed E-state index contributed by atoms with van der Waals surface area (Å²) in [5.41, 5.74) is 1.25. The first-order valence-electron chi connectivity index (χ1n) is 7.17. The monoisotopic (exact) mass is 249 g/mol. The van der Waals surface area contributed by atoms with Crippen LogP contribution in [0.4, 0.5) is 0 Å². The number of hydrogen-bond donors (Lipinski definition) is 1. The number of likely N-dealkylation sites (N-methyl/N-ethyl adjacent to an activating group) is 1. The van der Waals surface area contributed by atoms with Gasteiger partial charge in [-0.2, -0.15) is 0 Å². The molecule has 1 rings (SSSR count). The molecule has 18 heavy (non-hydrogen) atoms. The third kappa shape index (κ3) is 4.69. The second-order valence-corrected chi connectivity index (χ2v) is 4.83. The number of aryl methyl sites for hydroxylation is 1. The Kier molecular flexibility index (Phi) is 6.81. The van der Waals surface area contributed by atoms with E-state index in [4.69, 9.17) is 4.74 Å². The molecule has 102 valence electrons. The van der Waals surface area contributed by atoms with E-state index in [2.05, 4.69) is 51.2 Å². The van der Waals surface area contributed by atoms with E-state index in [0.29, 0.717) is 6.04 Å². The Balaban J connectivity index is 2.69. The molecular formula is C16H27NO. The summed E-state index contributed by atoms with van der Waals surface area (Å²) in [7, 11) is 0. The van der Waals surface area contributed by atoms with Gasteiger partial charge in [0, 0.05) is 6.04 Å². The van der Waals surface area contributed by atoms with Gasteiger partial charge >= 0.3 is 0 Å². The first-order valence-corrected chi connectivity index (χ1v) is 7.17. The summed E-state index contributed by atoms with van der Waals surface area (Å²) in [6, 6.07) is 8.76. The van der Waals surface area contributed by atoms with Gasteiger partial charge in [0.05, 0.1) is 0 Å². The van der Waals surface area contributed by atoms with Crippen molar-refractivity contribution < 1.29 is 4.74 Å². The maximum Gasteiger partial charge on any atom is 0.120 e. The van der Waals surface area contributed by atoms with Crippen LogP contribution < -0.4 is 10.1 Å². The van der Waals surface area contributed by atoms with Crippen LogP contribution in [0.5, 0.6) is 5.75 Å². The average molecular weight is 249 g/mol. The van der Waals surface area contributed by atoms with Gasteiger partial charge in [0.15, 0.2) is 0 Å². The zero-order valence-electron chi connectivity index (χ0n) is 12.2. The lowest BCUT2D eigenvalue weighted by Crippen LogP contribution is -2.42. The van der Waals surface area contributed by atoms with E-state index in [1.807, 2.05) is 6.07 Å². The van der Waals surface area contributed by atoms with Crippen LogP contribution in [0, 0.1) is 6.92 Å². The van der Waals surface area contributed by atoms with Crippen LogP contribution in [0.3, 0.4) is 0 Å². The van der Waals surface area contributed by atoms with Crippen molar-refractivity contribution in [3.8, 4) is 5.75 Å². The highest BCUT2D eigenvalue weighted by molar-refractivity contribution is 5.27. The summed E-state index contributed by atoms with van der Waals surface area (Å²) >= 11 is 0. The molecule has 2 heteroatoms. The van der Waals surface area contributed by atoms with E-state index < -0.39 is 0 Å². The molecule has 2 unspecified atom stereocenters. The Morgan fingerprint density at radius 1 is 1.22 bits per heavy atom. The molecule has 0 aliphatic heterocycles. The highest BCUT2D eigenvalue weighted by Crippen LogP contribution is 2.18. The van der Waals surface area contributed by atoms with Gasteiger partial charge in [0.25, 0.3) is 0 Å². The zero-order valence-corrected chi connectivity index (χ0v) is 12.2. The first-order chi connectivity index (χ1) is 8.71. The third-order valence-corrected chi connectivity index (χ3v) is 3.19. The summed E-state index contributed by atoms with van der Waals surface area (Å²) < 4.78 is 6.15. The molecule has 1 N–H and O–H groups in total. The molecule has 0 fully saturated rings. The van der Waals surface area contributed by atoms with E-state index in [0.717, 1.165) is 25.1 Å². The molecular weight excluding hydrogens is 222 g/mol. The topological polar surface area (TPSA) is 21.3 Å². The summed E-state index contributed by atoms with van der Waals surface area (Å²) in [6.07, 6.45) is 3.64. The molecule has 0 aliphatic carbocycles. The average Bonchev–Trinajstić information content (AvgIpc) is 2.36. The van der Waals surface area contributed by atoms with Gasteiger partial charge < -0.3 is 10.1 Å². The van der Waals surface area contributed by atoms with Gasteiger partial charge in [-0.05, 0) is 44.0 Å². The van der Waals surface area contributed by atoms with Crippen LogP contribution in [-0.2, 0) is 0 Å². The van der Waals surface area contributed by atoms with E-state index in [9.17, 15) is 0 Å². The molecule has 0 aliphatic rings. The van der Waals surface area contributed by atoms with E-state index in [-0.39, 0.29) is 6.10 Å².